The van der Waals surface area contributed by atoms with E-state index in [4.69, 9.17) is 0 Å². The summed E-state index contributed by atoms with van der Waals surface area (Å²) >= 11 is 0. The SMILES string of the molecule is COCCCC(=O)c1c(F)c(F)[c-]c(F)c1F.COCCCC(=O)c1c(F)c(F)[c-]c(F)c1F.[CH3-].[CH3-].[Ti+4]. The minimum atomic E-state index is -1.72. The fourth-order valence-electron chi connectivity index (χ4n) is 2.54. The van der Waals surface area contributed by atoms with Gasteiger partial charge in [0.05, 0.1) is 23.3 Å². The molecule has 204 valence electrons. The van der Waals surface area contributed by atoms with Gasteiger partial charge in [0.25, 0.3) is 0 Å². The zero-order valence-electron chi connectivity index (χ0n) is 20.4. The van der Waals surface area contributed by atoms with Gasteiger partial charge in [0.2, 0.25) is 0 Å². The molecule has 2 aromatic rings. The van der Waals surface area contributed by atoms with E-state index >= 15 is 0 Å². The second-order valence-corrected chi connectivity index (χ2v) is 6.55. The van der Waals surface area contributed by atoms with E-state index in [0.29, 0.717) is 0 Å². The molecule has 0 aliphatic rings. The molecule has 4 nitrogen and oxygen atoms in total. The molecule has 0 spiro atoms. The minimum Gasteiger partial charge on any atom is -0.385 e. The summed E-state index contributed by atoms with van der Waals surface area (Å²) in [5, 5.41) is 0. The number of rotatable bonds is 10. The van der Waals surface area contributed by atoms with Crippen molar-refractivity contribution in [2.24, 2.45) is 0 Å². The fraction of sp³-hybridized carbons (Fsp3) is 0.333. The molecule has 0 saturated carbocycles. The molecule has 13 heteroatoms. The number of hydrogen-bond acceptors (Lipinski definition) is 4. The Balaban J connectivity index is -0.000000578. The van der Waals surface area contributed by atoms with Crippen molar-refractivity contribution in [3.8, 4) is 0 Å². The topological polar surface area (TPSA) is 52.6 Å². The van der Waals surface area contributed by atoms with Crippen molar-refractivity contribution in [2.45, 2.75) is 25.7 Å². The molecule has 0 aliphatic heterocycles. The number of hydrogen-bond donors (Lipinski definition) is 0. The van der Waals surface area contributed by atoms with Crippen LogP contribution in [0.2, 0.25) is 0 Å². The van der Waals surface area contributed by atoms with Crippen LogP contribution in [0, 0.1) is 73.5 Å². The van der Waals surface area contributed by atoms with Crippen LogP contribution < -0.4 is 0 Å². The monoisotopic (exact) mass is 576 g/mol. The average molecular weight is 576 g/mol. The van der Waals surface area contributed by atoms with E-state index in [2.05, 4.69) is 9.47 Å². The predicted octanol–water partition coefficient (Wildman–Crippen LogP) is 6.20. The Morgan fingerprint density at radius 3 is 1.05 bits per heavy atom. The Hall–Kier alpha value is -2.15. The summed E-state index contributed by atoms with van der Waals surface area (Å²) < 4.78 is 113. The molecule has 0 aliphatic carbocycles. The van der Waals surface area contributed by atoms with E-state index < -0.39 is 69.2 Å². The van der Waals surface area contributed by atoms with Gasteiger partial charge < -0.3 is 24.3 Å². The maximum Gasteiger partial charge on any atom is 4.00 e. The molecule has 2 rings (SSSR count). The summed E-state index contributed by atoms with van der Waals surface area (Å²) in [6.45, 7) is 0.414. The Bertz CT molecular complexity index is 901. The van der Waals surface area contributed by atoms with Crippen LogP contribution in [0.25, 0.3) is 0 Å². The van der Waals surface area contributed by atoms with E-state index in [9.17, 15) is 44.7 Å². The van der Waals surface area contributed by atoms with E-state index in [0.717, 1.165) is 0 Å². The van der Waals surface area contributed by atoms with Crippen molar-refractivity contribution in [1.29, 1.82) is 0 Å². The number of Topliss-reactive ketones (excluding diaryl/α,β-unsaturated/α-hetero) is 2. The van der Waals surface area contributed by atoms with E-state index in [-0.39, 0.29) is 75.5 Å². The summed E-state index contributed by atoms with van der Waals surface area (Å²) in [5.41, 5.74) is -2.40. The van der Waals surface area contributed by atoms with Gasteiger partial charge in [-0.05, 0) is 24.0 Å². The van der Waals surface area contributed by atoms with Crippen molar-refractivity contribution < 1.29 is 75.9 Å². The fourth-order valence-corrected chi connectivity index (χ4v) is 2.54. The summed E-state index contributed by atoms with van der Waals surface area (Å²) in [6, 6.07) is 2.42. The van der Waals surface area contributed by atoms with Crippen molar-refractivity contribution in [2.75, 3.05) is 27.4 Å². The maximum atomic E-state index is 13.1. The molecular weight excluding hydrogens is 552 g/mol. The number of ether oxygens (including phenoxy) is 2. The van der Waals surface area contributed by atoms with E-state index in [1.54, 1.807) is 0 Å². The van der Waals surface area contributed by atoms with Crippen LogP contribution in [-0.4, -0.2) is 39.0 Å². The zero-order valence-corrected chi connectivity index (χ0v) is 22.0. The number of ketones is 2. The van der Waals surface area contributed by atoms with Crippen LogP contribution in [0.1, 0.15) is 46.4 Å². The Labute approximate surface area is 225 Å². The molecule has 37 heavy (non-hydrogen) atoms. The van der Waals surface area contributed by atoms with Gasteiger partial charge in [0.15, 0.2) is 0 Å². The number of methoxy groups -OCH3 is 2. The number of carbonyl (C=O) groups is 2. The molecule has 0 unspecified atom stereocenters. The molecule has 0 amide bonds. The van der Waals surface area contributed by atoms with Crippen LogP contribution in [0.3, 0.4) is 0 Å². The van der Waals surface area contributed by atoms with Gasteiger partial charge in [-0.15, -0.1) is 12.1 Å². The van der Waals surface area contributed by atoms with E-state index in [1.165, 1.54) is 26.4 Å². The van der Waals surface area contributed by atoms with Gasteiger partial charge in [-0.1, -0.05) is 0 Å². The zero-order chi connectivity index (χ0) is 26.0. The first kappa shape index (κ1) is 39.4. The van der Waals surface area contributed by atoms with Gasteiger partial charge in [-0.25, -0.2) is 17.6 Å². The summed E-state index contributed by atoms with van der Waals surface area (Å²) in [6.07, 6.45) is -0.110. The van der Waals surface area contributed by atoms with Gasteiger partial charge in [-0.3, -0.25) is 27.2 Å². The maximum absolute atomic E-state index is 13.1. The molecule has 0 atom stereocenters. The molecule has 0 fully saturated rings. The van der Waals surface area contributed by atoms with Crippen LogP contribution in [0.5, 0.6) is 0 Å². The van der Waals surface area contributed by atoms with Gasteiger partial charge in [0, 0.05) is 63.5 Å². The van der Waals surface area contributed by atoms with Gasteiger partial charge in [-0.2, -0.15) is 0 Å². The van der Waals surface area contributed by atoms with Crippen molar-refractivity contribution in [3.63, 3.8) is 0 Å². The van der Waals surface area contributed by atoms with Crippen LogP contribution in [-0.2, 0) is 31.2 Å². The smallest absolute Gasteiger partial charge is 0.385 e. The molecule has 0 radical (unpaired) electrons. The van der Waals surface area contributed by atoms with Crippen molar-refractivity contribution in [1.82, 2.24) is 0 Å². The standard InChI is InChI=1S/2C11H9F4O2.2CH3.Ti/c2*1-17-4-2-3-8(16)9-10(14)6(12)5-7(13)11(9)15;;;/h2*2-4H2,1H3;2*1H3;/q4*-1;+4. The largest absolute Gasteiger partial charge is 4.00 e. The molecule has 0 aromatic heterocycles. The number of halogens is 8. The van der Waals surface area contributed by atoms with Crippen molar-refractivity contribution in [3.05, 3.63) is 84.7 Å². The first-order valence-corrected chi connectivity index (χ1v) is 9.52. The van der Waals surface area contributed by atoms with Crippen LogP contribution in [0.4, 0.5) is 35.1 Å². The van der Waals surface area contributed by atoms with Gasteiger partial charge in [0.1, 0.15) is 11.6 Å². The second-order valence-electron chi connectivity index (χ2n) is 6.55. The molecule has 0 saturated heterocycles. The number of benzene rings is 2. The quantitative estimate of drug-likeness (QED) is 0.0845. The predicted molar refractivity (Wildman–Crippen MR) is 114 cm³/mol. The van der Waals surface area contributed by atoms with E-state index in [1.807, 2.05) is 0 Å². The van der Waals surface area contributed by atoms with Gasteiger partial charge >= 0.3 is 21.7 Å². The van der Waals surface area contributed by atoms with Crippen LogP contribution >= 0.6 is 0 Å². The normalized spacial score (nSPS) is 9.78. The molecule has 2 aromatic carbocycles. The molecule has 0 heterocycles. The number of carbonyl (C=O) groups excluding carboxylic acids is 2. The average Bonchev–Trinajstić information content (AvgIpc) is 2.77. The third-order valence-electron chi connectivity index (χ3n) is 4.15. The second kappa shape index (κ2) is 19.0. The Kier molecular flexibility index (Phi) is 20.2. The molecule has 0 N–H and O–H groups in total. The Morgan fingerprint density at radius 1 is 0.595 bits per heavy atom. The third kappa shape index (κ3) is 11.0. The first-order valence-electron chi connectivity index (χ1n) is 9.52. The third-order valence-corrected chi connectivity index (χ3v) is 4.15. The summed E-state index contributed by atoms with van der Waals surface area (Å²) in [4.78, 5) is 22.8. The summed E-state index contributed by atoms with van der Waals surface area (Å²) in [5.74, 6) is -15.7. The minimum absolute atomic E-state index is 0. The summed E-state index contributed by atoms with van der Waals surface area (Å²) in [7, 11) is 2.78. The van der Waals surface area contributed by atoms with Crippen LogP contribution in [0.15, 0.2) is 0 Å². The first-order chi connectivity index (χ1) is 16.0. The molecule has 0 bridgehead atoms. The van der Waals surface area contributed by atoms with Crippen molar-refractivity contribution >= 4 is 11.6 Å². The molecular formula is C24H24F8O4Ti. The Morgan fingerprint density at radius 2 is 0.838 bits per heavy atom.